The third-order valence-corrected chi connectivity index (χ3v) is 5.35. The van der Waals surface area contributed by atoms with Gasteiger partial charge < -0.3 is 25.4 Å². The smallest absolute Gasteiger partial charge is 0.256 e. The van der Waals surface area contributed by atoms with E-state index >= 15 is 0 Å². The van der Waals surface area contributed by atoms with Crippen molar-refractivity contribution in [3.8, 4) is 11.5 Å². The van der Waals surface area contributed by atoms with Gasteiger partial charge in [-0.15, -0.1) is 0 Å². The van der Waals surface area contributed by atoms with Crippen LogP contribution < -0.4 is 10.5 Å². The Morgan fingerprint density at radius 3 is 2.40 bits per heavy atom. The van der Waals surface area contributed by atoms with Crippen molar-refractivity contribution >= 4 is 5.91 Å². The van der Waals surface area contributed by atoms with E-state index in [1.54, 1.807) is 4.90 Å². The quantitative estimate of drug-likeness (QED) is 0.727. The molecule has 1 aliphatic heterocycles. The van der Waals surface area contributed by atoms with E-state index < -0.39 is 11.4 Å². The van der Waals surface area contributed by atoms with Crippen LogP contribution in [0.3, 0.4) is 0 Å². The Labute approximate surface area is 177 Å². The second kappa shape index (κ2) is 9.55. The first-order chi connectivity index (χ1) is 14.3. The van der Waals surface area contributed by atoms with E-state index in [-0.39, 0.29) is 11.5 Å². The zero-order valence-corrected chi connectivity index (χ0v) is 17.6. The maximum absolute atomic E-state index is 14.4. The van der Waals surface area contributed by atoms with Crippen LogP contribution in [0.2, 0.25) is 0 Å². The minimum atomic E-state index is -0.820. The van der Waals surface area contributed by atoms with Gasteiger partial charge >= 0.3 is 0 Å². The number of nitrogens with zero attached hydrogens (tertiary/aromatic N) is 2. The Kier molecular flexibility index (Phi) is 7.07. The van der Waals surface area contributed by atoms with E-state index in [0.717, 1.165) is 12.0 Å². The first kappa shape index (κ1) is 22.2. The molecule has 0 spiro atoms. The molecule has 2 aromatic carbocycles. The summed E-state index contributed by atoms with van der Waals surface area (Å²) in [6.07, 6.45) is 1.71. The molecule has 7 heteroatoms. The highest BCUT2D eigenvalue weighted by Crippen LogP contribution is 2.27. The number of halogens is 1. The van der Waals surface area contributed by atoms with E-state index in [1.165, 1.54) is 18.2 Å². The lowest BCUT2D eigenvalue weighted by Crippen LogP contribution is -2.51. The molecule has 1 aliphatic rings. The number of likely N-dealkylation sites (N-methyl/N-ethyl adjacent to an activating group) is 1. The first-order valence-corrected chi connectivity index (χ1v) is 10.2. The number of carbonyl (C=O) groups excluding carboxylic acids is 1. The van der Waals surface area contributed by atoms with Crippen molar-refractivity contribution < 1.29 is 19.0 Å². The number of likely N-dealkylation sites (tertiary alicyclic amines) is 1. The Morgan fingerprint density at radius 2 is 1.80 bits per heavy atom. The Morgan fingerprint density at radius 1 is 1.17 bits per heavy atom. The van der Waals surface area contributed by atoms with Crippen molar-refractivity contribution in [3.05, 3.63) is 59.4 Å². The minimum absolute atomic E-state index is 0.0229. The van der Waals surface area contributed by atoms with Crippen molar-refractivity contribution in [2.24, 2.45) is 5.73 Å². The average Bonchev–Trinajstić information content (AvgIpc) is 2.70. The highest BCUT2D eigenvalue weighted by molar-refractivity contribution is 5.95. The predicted molar refractivity (Wildman–Crippen MR) is 114 cm³/mol. The lowest BCUT2D eigenvalue weighted by Gasteiger charge is -2.39. The van der Waals surface area contributed by atoms with Gasteiger partial charge in [-0.3, -0.25) is 4.79 Å². The Bertz CT molecular complexity index is 862. The monoisotopic (exact) mass is 415 g/mol. The summed E-state index contributed by atoms with van der Waals surface area (Å²) < 4.78 is 20.2. The maximum atomic E-state index is 14.4. The number of nitrogens with two attached hydrogens (primary N) is 1. The summed E-state index contributed by atoms with van der Waals surface area (Å²) in [6.45, 7) is 1.88. The molecule has 30 heavy (non-hydrogen) atoms. The number of carbonyl (C=O) groups is 1. The van der Waals surface area contributed by atoms with Gasteiger partial charge in [-0.1, -0.05) is 12.1 Å². The summed E-state index contributed by atoms with van der Waals surface area (Å²) >= 11 is 0. The fourth-order valence-corrected chi connectivity index (χ4v) is 3.80. The largest absolute Gasteiger partial charge is 0.457 e. The summed E-state index contributed by atoms with van der Waals surface area (Å²) in [5.74, 6) is 0.0304. The molecule has 0 aliphatic carbocycles. The topological polar surface area (TPSA) is 79.0 Å². The Balaban J connectivity index is 1.68. The van der Waals surface area contributed by atoms with Crippen LogP contribution in [0.5, 0.6) is 11.5 Å². The van der Waals surface area contributed by atoms with Gasteiger partial charge in [-0.2, -0.15) is 0 Å². The lowest BCUT2D eigenvalue weighted by atomic mass is 9.90. The molecule has 3 rings (SSSR count). The number of benzene rings is 2. The van der Waals surface area contributed by atoms with E-state index in [2.05, 4.69) is 0 Å². The van der Waals surface area contributed by atoms with Crippen molar-refractivity contribution in [1.82, 2.24) is 9.80 Å². The number of hydrogen-bond donors (Lipinski definition) is 2. The van der Waals surface area contributed by atoms with Crippen molar-refractivity contribution in [1.29, 1.82) is 0 Å². The normalized spacial score (nSPS) is 16.0. The highest BCUT2D eigenvalue weighted by atomic mass is 19.1. The molecule has 2 aromatic rings. The third kappa shape index (κ3) is 5.56. The summed E-state index contributed by atoms with van der Waals surface area (Å²) in [7, 11) is 3.81. The molecule has 1 amide bonds. The molecule has 162 valence electrons. The fourth-order valence-electron chi connectivity index (χ4n) is 3.80. The molecule has 0 unspecified atom stereocenters. The number of aliphatic hydroxyl groups is 1. The fraction of sp³-hybridized carbons (Fsp3) is 0.435. The van der Waals surface area contributed by atoms with Gasteiger partial charge in [0, 0.05) is 19.6 Å². The van der Waals surface area contributed by atoms with Gasteiger partial charge in [0.2, 0.25) is 0 Å². The summed E-state index contributed by atoms with van der Waals surface area (Å²) in [5, 5.41) is 10.6. The van der Waals surface area contributed by atoms with Crippen LogP contribution in [0.25, 0.3) is 0 Å². The van der Waals surface area contributed by atoms with Crippen LogP contribution in [0.1, 0.15) is 28.8 Å². The van der Waals surface area contributed by atoms with Crippen LogP contribution in [0, 0.1) is 5.82 Å². The molecule has 0 radical (unpaired) electrons. The van der Waals surface area contributed by atoms with Crippen molar-refractivity contribution in [2.75, 3.05) is 40.3 Å². The predicted octanol–water partition coefficient (Wildman–Crippen LogP) is 2.65. The molecule has 0 bridgehead atoms. The standard InChI is InChI=1S/C23H30FN3O3/c1-26(2)16-23(29)10-13-27(14-11-23)22(28)20-15-19(7-8-21(20)24)30-18-5-3-17(4-6-18)9-12-25/h3-8,15,29H,9-14,16,25H2,1-2H3. The van der Waals surface area contributed by atoms with E-state index in [1.807, 2.05) is 43.3 Å². The minimum Gasteiger partial charge on any atom is -0.457 e. The lowest BCUT2D eigenvalue weighted by molar-refractivity contribution is -0.0325. The summed E-state index contributed by atoms with van der Waals surface area (Å²) in [6, 6.07) is 11.7. The summed E-state index contributed by atoms with van der Waals surface area (Å²) in [4.78, 5) is 16.4. The zero-order valence-electron chi connectivity index (χ0n) is 17.6. The van der Waals surface area contributed by atoms with Gasteiger partial charge in [-0.25, -0.2) is 4.39 Å². The maximum Gasteiger partial charge on any atom is 0.256 e. The molecule has 1 fully saturated rings. The highest BCUT2D eigenvalue weighted by Gasteiger charge is 2.35. The van der Waals surface area contributed by atoms with Gasteiger partial charge in [0.05, 0.1) is 11.2 Å². The van der Waals surface area contributed by atoms with Crippen LogP contribution in [-0.2, 0) is 6.42 Å². The third-order valence-electron chi connectivity index (χ3n) is 5.35. The number of rotatable bonds is 7. The number of ether oxygens (including phenoxy) is 1. The van der Waals surface area contributed by atoms with Crippen molar-refractivity contribution in [3.63, 3.8) is 0 Å². The zero-order chi connectivity index (χ0) is 21.7. The second-order valence-corrected chi connectivity index (χ2v) is 8.18. The second-order valence-electron chi connectivity index (χ2n) is 8.18. The van der Waals surface area contributed by atoms with E-state index in [4.69, 9.17) is 10.5 Å². The van der Waals surface area contributed by atoms with Gasteiger partial charge in [0.1, 0.15) is 17.3 Å². The Hall–Kier alpha value is -2.48. The molecule has 0 aromatic heterocycles. The van der Waals surface area contributed by atoms with Crippen LogP contribution in [-0.4, -0.2) is 66.7 Å². The summed E-state index contributed by atoms with van der Waals surface area (Å²) in [5.41, 5.74) is 5.83. The molecule has 6 nitrogen and oxygen atoms in total. The van der Waals surface area contributed by atoms with E-state index in [0.29, 0.717) is 50.5 Å². The molecule has 3 N–H and O–H groups in total. The van der Waals surface area contributed by atoms with Crippen molar-refractivity contribution in [2.45, 2.75) is 24.9 Å². The number of hydrogen-bond acceptors (Lipinski definition) is 5. The van der Waals surface area contributed by atoms with Gasteiger partial charge in [0.15, 0.2) is 0 Å². The molecular weight excluding hydrogens is 385 g/mol. The average molecular weight is 416 g/mol. The van der Waals surface area contributed by atoms with Gasteiger partial charge in [0.25, 0.3) is 5.91 Å². The van der Waals surface area contributed by atoms with Gasteiger partial charge in [-0.05, 0) is 75.8 Å². The van der Waals surface area contributed by atoms with Crippen LogP contribution >= 0.6 is 0 Å². The number of piperidine rings is 1. The molecule has 0 saturated carbocycles. The van der Waals surface area contributed by atoms with E-state index in [9.17, 15) is 14.3 Å². The van der Waals surface area contributed by atoms with Crippen LogP contribution in [0.15, 0.2) is 42.5 Å². The number of amides is 1. The molecule has 1 heterocycles. The first-order valence-electron chi connectivity index (χ1n) is 10.2. The SMILES string of the molecule is CN(C)CC1(O)CCN(C(=O)c2cc(Oc3ccc(CCN)cc3)ccc2F)CC1. The molecule has 0 atom stereocenters. The molecule has 1 saturated heterocycles. The van der Waals surface area contributed by atoms with Crippen LogP contribution in [0.4, 0.5) is 4.39 Å². The molecular formula is C23H30FN3O3.